The smallest absolute Gasteiger partial charge is 0.117 e. The predicted molar refractivity (Wildman–Crippen MR) is 148 cm³/mol. The first-order chi connectivity index (χ1) is 17.3. The SMILES string of the molecule is O/N=C(/c1ccccc1)c1ccc(N=P(c2ccccc2)(c2ccccc2)c2ccccc2)cc1. The van der Waals surface area contributed by atoms with E-state index in [1.165, 1.54) is 15.9 Å². The quantitative estimate of drug-likeness (QED) is 0.127. The maximum atomic E-state index is 9.70. The van der Waals surface area contributed by atoms with Crippen molar-refractivity contribution in [3.05, 3.63) is 157 Å². The molecular weight excluding hydrogens is 447 g/mol. The zero-order valence-corrected chi connectivity index (χ0v) is 20.0. The number of oxime groups is 1. The van der Waals surface area contributed by atoms with Crippen LogP contribution in [0.25, 0.3) is 0 Å². The Morgan fingerprint density at radius 1 is 0.457 bits per heavy atom. The van der Waals surface area contributed by atoms with Crippen LogP contribution >= 0.6 is 7.05 Å². The standard InChI is InChI=1S/C31H25N2OP/c34-32-31(25-13-5-1-6-14-25)26-21-23-27(24-22-26)33-35(28-15-7-2-8-16-28,29-17-9-3-10-18-29)30-19-11-4-12-20-30/h1-24,34H/b32-31-. The third-order valence-corrected chi connectivity index (χ3v) is 9.61. The first-order valence-corrected chi connectivity index (χ1v) is 13.2. The van der Waals surface area contributed by atoms with E-state index in [0.29, 0.717) is 5.71 Å². The highest BCUT2D eigenvalue weighted by Crippen LogP contribution is 2.49. The summed E-state index contributed by atoms with van der Waals surface area (Å²) in [5.41, 5.74) is 3.11. The van der Waals surface area contributed by atoms with Crippen LogP contribution in [0.1, 0.15) is 11.1 Å². The first-order valence-electron chi connectivity index (χ1n) is 11.5. The highest BCUT2D eigenvalue weighted by atomic mass is 31.2. The van der Waals surface area contributed by atoms with E-state index >= 15 is 0 Å². The summed E-state index contributed by atoms with van der Waals surface area (Å²) in [6, 6.07) is 49.3. The zero-order chi connectivity index (χ0) is 23.9. The summed E-state index contributed by atoms with van der Waals surface area (Å²) in [6.45, 7) is 0. The molecule has 0 heterocycles. The lowest BCUT2D eigenvalue weighted by atomic mass is 10.0. The average molecular weight is 473 g/mol. The van der Waals surface area contributed by atoms with E-state index in [2.05, 4.69) is 78.0 Å². The lowest BCUT2D eigenvalue weighted by molar-refractivity contribution is 0.319. The van der Waals surface area contributed by atoms with Gasteiger partial charge in [0.1, 0.15) is 5.71 Å². The fourth-order valence-corrected chi connectivity index (χ4v) is 7.82. The third-order valence-electron chi connectivity index (χ3n) is 5.94. The minimum atomic E-state index is -2.33. The molecule has 0 bridgehead atoms. The van der Waals surface area contributed by atoms with Crippen molar-refractivity contribution in [1.29, 1.82) is 0 Å². The second-order valence-electron chi connectivity index (χ2n) is 8.10. The molecule has 5 rings (SSSR count). The lowest BCUT2D eigenvalue weighted by Gasteiger charge is -2.27. The number of benzene rings is 5. The molecule has 4 heteroatoms. The van der Waals surface area contributed by atoms with Gasteiger partial charge in [-0.15, -0.1) is 0 Å². The number of rotatable bonds is 6. The van der Waals surface area contributed by atoms with Crippen molar-refractivity contribution >= 4 is 34.4 Å². The first kappa shape index (κ1) is 22.6. The van der Waals surface area contributed by atoms with Gasteiger partial charge in [-0.05, 0) is 12.1 Å². The van der Waals surface area contributed by atoms with Crippen molar-refractivity contribution in [2.24, 2.45) is 9.90 Å². The molecule has 0 aliphatic carbocycles. The summed E-state index contributed by atoms with van der Waals surface area (Å²) in [6.07, 6.45) is 0. The van der Waals surface area contributed by atoms with Crippen molar-refractivity contribution in [2.45, 2.75) is 0 Å². The maximum absolute atomic E-state index is 9.70. The molecule has 0 amide bonds. The molecule has 0 aliphatic heterocycles. The van der Waals surface area contributed by atoms with Crippen molar-refractivity contribution in [3.8, 4) is 0 Å². The fourth-order valence-electron chi connectivity index (χ4n) is 4.29. The molecule has 0 saturated heterocycles. The molecule has 5 aromatic carbocycles. The van der Waals surface area contributed by atoms with Crippen LogP contribution in [0.2, 0.25) is 0 Å². The van der Waals surface area contributed by atoms with E-state index in [1.54, 1.807) is 0 Å². The monoisotopic (exact) mass is 472 g/mol. The lowest BCUT2D eigenvalue weighted by Crippen LogP contribution is -2.25. The molecule has 0 saturated carbocycles. The van der Waals surface area contributed by atoms with Crippen LogP contribution in [0.15, 0.2) is 155 Å². The molecular formula is C31H25N2OP. The van der Waals surface area contributed by atoms with Crippen molar-refractivity contribution < 1.29 is 5.21 Å². The fraction of sp³-hybridized carbons (Fsp3) is 0. The highest BCUT2D eigenvalue weighted by Gasteiger charge is 2.27. The van der Waals surface area contributed by atoms with Crippen LogP contribution in [0.4, 0.5) is 5.69 Å². The van der Waals surface area contributed by atoms with Crippen LogP contribution in [0.5, 0.6) is 0 Å². The van der Waals surface area contributed by atoms with E-state index in [4.69, 9.17) is 4.74 Å². The van der Waals surface area contributed by atoms with Gasteiger partial charge in [0.2, 0.25) is 0 Å². The Morgan fingerprint density at radius 3 is 1.23 bits per heavy atom. The normalized spacial score (nSPS) is 11.7. The van der Waals surface area contributed by atoms with Crippen LogP contribution in [-0.2, 0) is 0 Å². The summed E-state index contributed by atoms with van der Waals surface area (Å²) in [4.78, 5) is 0. The third kappa shape index (κ3) is 4.59. The van der Waals surface area contributed by atoms with Crippen LogP contribution in [0, 0.1) is 0 Å². The summed E-state index contributed by atoms with van der Waals surface area (Å²) >= 11 is 0. The Kier molecular flexibility index (Phi) is 6.70. The second kappa shape index (κ2) is 10.4. The van der Waals surface area contributed by atoms with Crippen LogP contribution in [-0.4, -0.2) is 10.9 Å². The van der Waals surface area contributed by atoms with Gasteiger partial charge in [0.25, 0.3) is 0 Å². The molecule has 0 radical (unpaired) electrons. The van der Waals surface area contributed by atoms with E-state index in [-0.39, 0.29) is 0 Å². The molecule has 3 nitrogen and oxygen atoms in total. The van der Waals surface area contributed by atoms with Gasteiger partial charge >= 0.3 is 0 Å². The predicted octanol–water partition coefficient (Wildman–Crippen LogP) is 6.72. The molecule has 1 N–H and O–H groups in total. The van der Waals surface area contributed by atoms with Gasteiger partial charge in [-0.25, -0.2) is 0 Å². The highest BCUT2D eigenvalue weighted by molar-refractivity contribution is 7.87. The minimum Gasteiger partial charge on any atom is -0.410 e. The molecule has 0 aromatic heterocycles. The number of hydrogen-bond acceptors (Lipinski definition) is 3. The molecule has 0 unspecified atom stereocenters. The van der Waals surface area contributed by atoms with E-state index in [1.807, 2.05) is 72.8 Å². The van der Waals surface area contributed by atoms with Gasteiger partial charge in [0.15, 0.2) is 0 Å². The Balaban J connectivity index is 1.71. The van der Waals surface area contributed by atoms with Gasteiger partial charge in [-0.2, -0.15) is 0 Å². The molecule has 0 aliphatic rings. The summed E-state index contributed by atoms with van der Waals surface area (Å²) < 4.78 is 5.51. The topological polar surface area (TPSA) is 45.0 Å². The Bertz CT molecular complexity index is 1360. The molecule has 0 spiro atoms. The van der Waals surface area contributed by atoms with Crippen molar-refractivity contribution in [3.63, 3.8) is 0 Å². The Morgan fingerprint density at radius 2 is 0.829 bits per heavy atom. The van der Waals surface area contributed by atoms with E-state index in [0.717, 1.165) is 16.8 Å². The second-order valence-corrected chi connectivity index (χ2v) is 11.1. The van der Waals surface area contributed by atoms with Crippen LogP contribution in [0.3, 0.4) is 0 Å². The average Bonchev–Trinajstić information content (AvgIpc) is 2.95. The number of nitrogens with zero attached hydrogens (tertiary/aromatic N) is 2. The Hall–Kier alpha value is -4.20. The summed E-state index contributed by atoms with van der Waals surface area (Å²) in [5.74, 6) is 0. The van der Waals surface area contributed by atoms with Gasteiger partial charge in [-0.3, -0.25) is 4.74 Å². The molecule has 5 aromatic rings. The zero-order valence-electron chi connectivity index (χ0n) is 19.1. The van der Waals surface area contributed by atoms with Gasteiger partial charge in [-0.1, -0.05) is 139 Å². The molecule has 170 valence electrons. The largest absolute Gasteiger partial charge is 0.410 e. The van der Waals surface area contributed by atoms with Gasteiger partial charge in [0.05, 0.1) is 12.7 Å². The van der Waals surface area contributed by atoms with Gasteiger partial charge in [0, 0.05) is 27.0 Å². The Labute approximate surface area is 206 Å². The van der Waals surface area contributed by atoms with Crippen molar-refractivity contribution in [2.75, 3.05) is 0 Å². The van der Waals surface area contributed by atoms with E-state index in [9.17, 15) is 5.21 Å². The summed E-state index contributed by atoms with van der Waals surface area (Å²) in [5, 5.41) is 16.9. The van der Waals surface area contributed by atoms with Crippen molar-refractivity contribution in [1.82, 2.24) is 0 Å². The van der Waals surface area contributed by atoms with Gasteiger partial charge < -0.3 is 5.21 Å². The molecule has 0 fully saturated rings. The van der Waals surface area contributed by atoms with Crippen LogP contribution < -0.4 is 15.9 Å². The van der Waals surface area contributed by atoms with E-state index < -0.39 is 7.05 Å². The summed E-state index contributed by atoms with van der Waals surface area (Å²) in [7, 11) is -2.33. The number of hydrogen-bond donors (Lipinski definition) is 1. The minimum absolute atomic E-state index is 0.535. The molecule has 0 atom stereocenters. The maximum Gasteiger partial charge on any atom is 0.117 e. The molecule has 35 heavy (non-hydrogen) atoms.